The van der Waals surface area contributed by atoms with Crippen LogP contribution in [0, 0.1) is 0 Å². The van der Waals surface area contributed by atoms with Crippen LogP contribution < -0.4 is 10.6 Å². The van der Waals surface area contributed by atoms with Gasteiger partial charge < -0.3 is 15.7 Å². The fourth-order valence-corrected chi connectivity index (χ4v) is 1.80. The Kier molecular flexibility index (Phi) is 3.27. The van der Waals surface area contributed by atoms with E-state index < -0.39 is 5.97 Å². The van der Waals surface area contributed by atoms with Crippen LogP contribution in [0.25, 0.3) is 0 Å². The fraction of sp³-hybridized carbons (Fsp3) is 0.333. The van der Waals surface area contributed by atoms with Gasteiger partial charge in [-0.15, -0.1) is 0 Å². The van der Waals surface area contributed by atoms with E-state index in [0.717, 1.165) is 12.1 Å². The summed E-state index contributed by atoms with van der Waals surface area (Å²) in [6.45, 7) is 0.611. The molecule has 1 unspecified atom stereocenters. The molecule has 1 saturated heterocycles. The minimum absolute atomic E-state index is 0.0873. The molecule has 2 rings (SSSR count). The fourth-order valence-electron chi connectivity index (χ4n) is 1.80. The van der Waals surface area contributed by atoms with E-state index in [0.29, 0.717) is 13.0 Å². The zero-order chi connectivity index (χ0) is 12.3. The third kappa shape index (κ3) is 2.96. The monoisotopic (exact) mass is 234 g/mol. The summed E-state index contributed by atoms with van der Waals surface area (Å²) in [5.74, 6) is -0.842. The van der Waals surface area contributed by atoms with Crippen molar-refractivity contribution in [2.75, 3.05) is 11.9 Å². The first-order valence-corrected chi connectivity index (χ1v) is 5.52. The zero-order valence-electron chi connectivity index (χ0n) is 9.27. The average molecular weight is 234 g/mol. The van der Waals surface area contributed by atoms with Gasteiger partial charge in [0.25, 0.3) is 0 Å². The summed E-state index contributed by atoms with van der Waals surface area (Å²) in [7, 11) is 0. The lowest BCUT2D eigenvalue weighted by Crippen LogP contribution is -2.41. The summed E-state index contributed by atoms with van der Waals surface area (Å²) in [6, 6.07) is 6.81. The lowest BCUT2D eigenvalue weighted by Gasteiger charge is -2.24. The third-order valence-corrected chi connectivity index (χ3v) is 2.77. The molecule has 1 aromatic carbocycles. The molecule has 0 bridgehead atoms. The molecule has 0 aromatic heterocycles. The number of hydrogen-bond donors (Lipinski definition) is 3. The number of carbonyl (C=O) groups is 2. The van der Waals surface area contributed by atoms with Crippen molar-refractivity contribution in [2.24, 2.45) is 0 Å². The van der Waals surface area contributed by atoms with E-state index in [1.165, 1.54) is 0 Å². The molecule has 17 heavy (non-hydrogen) atoms. The number of carboxylic acids is 1. The van der Waals surface area contributed by atoms with E-state index in [2.05, 4.69) is 10.6 Å². The van der Waals surface area contributed by atoms with E-state index in [1.807, 2.05) is 0 Å². The Labute approximate surface area is 98.8 Å². The third-order valence-electron chi connectivity index (χ3n) is 2.77. The summed E-state index contributed by atoms with van der Waals surface area (Å²) in [5.41, 5.74) is 1.14. The number of aromatic carboxylic acids is 1. The first kappa shape index (κ1) is 11.4. The maximum Gasteiger partial charge on any atom is 0.335 e. The highest BCUT2D eigenvalue weighted by atomic mass is 16.4. The van der Waals surface area contributed by atoms with Gasteiger partial charge in [-0.25, -0.2) is 4.79 Å². The molecule has 5 heteroatoms. The lowest BCUT2D eigenvalue weighted by molar-refractivity contribution is -0.122. The van der Waals surface area contributed by atoms with Crippen LogP contribution in [-0.2, 0) is 4.79 Å². The van der Waals surface area contributed by atoms with Gasteiger partial charge in [-0.3, -0.25) is 4.79 Å². The predicted octanol–water partition coefficient (Wildman–Crippen LogP) is 1.08. The summed E-state index contributed by atoms with van der Waals surface area (Å²) in [4.78, 5) is 21.6. The zero-order valence-corrected chi connectivity index (χ0v) is 9.27. The van der Waals surface area contributed by atoms with Crippen LogP contribution in [0.3, 0.4) is 0 Å². The maximum atomic E-state index is 11.0. The van der Waals surface area contributed by atoms with Gasteiger partial charge in [0.1, 0.15) is 0 Å². The molecule has 3 N–H and O–H groups in total. The van der Waals surface area contributed by atoms with Crippen LogP contribution in [0.1, 0.15) is 23.2 Å². The molecule has 1 atom stereocenters. The van der Waals surface area contributed by atoms with Crippen molar-refractivity contribution >= 4 is 17.6 Å². The number of piperidine rings is 1. The van der Waals surface area contributed by atoms with E-state index in [1.54, 1.807) is 24.3 Å². The molecule has 0 saturated carbocycles. The highest BCUT2D eigenvalue weighted by Gasteiger charge is 2.17. The SMILES string of the molecule is O=C1CCC(Nc2ccc(C(=O)O)cc2)CN1. The Hall–Kier alpha value is -2.04. The van der Waals surface area contributed by atoms with E-state index in [9.17, 15) is 9.59 Å². The van der Waals surface area contributed by atoms with Gasteiger partial charge >= 0.3 is 5.97 Å². The number of amides is 1. The molecule has 0 radical (unpaired) electrons. The topological polar surface area (TPSA) is 78.4 Å². The van der Waals surface area contributed by atoms with Crippen molar-refractivity contribution in [1.82, 2.24) is 5.32 Å². The van der Waals surface area contributed by atoms with Crippen molar-refractivity contribution in [2.45, 2.75) is 18.9 Å². The highest BCUT2D eigenvalue weighted by molar-refractivity contribution is 5.88. The Morgan fingerprint density at radius 3 is 2.59 bits per heavy atom. The normalized spacial score (nSPS) is 19.5. The van der Waals surface area contributed by atoms with E-state index in [4.69, 9.17) is 5.11 Å². The number of anilines is 1. The minimum atomic E-state index is -0.929. The molecule has 1 amide bonds. The summed E-state index contributed by atoms with van der Waals surface area (Å²) in [5, 5.41) is 14.8. The number of hydrogen-bond acceptors (Lipinski definition) is 3. The molecule has 1 heterocycles. The van der Waals surface area contributed by atoms with E-state index >= 15 is 0 Å². The molecular formula is C12H14N2O3. The van der Waals surface area contributed by atoms with Crippen LogP contribution in [0.4, 0.5) is 5.69 Å². The molecular weight excluding hydrogens is 220 g/mol. The molecule has 5 nitrogen and oxygen atoms in total. The molecule has 0 spiro atoms. The molecule has 1 aliphatic heterocycles. The summed E-state index contributed by atoms with van der Waals surface area (Å²) < 4.78 is 0. The summed E-state index contributed by atoms with van der Waals surface area (Å²) in [6.07, 6.45) is 1.33. The predicted molar refractivity (Wildman–Crippen MR) is 63.1 cm³/mol. The molecule has 0 aliphatic carbocycles. The first-order valence-electron chi connectivity index (χ1n) is 5.52. The average Bonchev–Trinajstić information content (AvgIpc) is 2.33. The molecule has 90 valence electrons. The molecule has 1 aliphatic rings. The number of carbonyl (C=O) groups excluding carboxylic acids is 1. The minimum Gasteiger partial charge on any atom is -0.478 e. The Bertz CT molecular complexity index is 418. The van der Waals surface area contributed by atoms with Crippen molar-refractivity contribution in [3.8, 4) is 0 Å². The highest BCUT2D eigenvalue weighted by Crippen LogP contribution is 2.14. The largest absolute Gasteiger partial charge is 0.478 e. The number of carboxylic acid groups (broad SMARTS) is 1. The van der Waals surface area contributed by atoms with Crippen LogP contribution in [0.5, 0.6) is 0 Å². The second-order valence-corrected chi connectivity index (χ2v) is 4.07. The van der Waals surface area contributed by atoms with E-state index in [-0.39, 0.29) is 17.5 Å². The first-order chi connectivity index (χ1) is 8.15. The van der Waals surface area contributed by atoms with Crippen molar-refractivity contribution in [3.63, 3.8) is 0 Å². The lowest BCUT2D eigenvalue weighted by atomic mass is 10.1. The number of benzene rings is 1. The smallest absolute Gasteiger partial charge is 0.335 e. The van der Waals surface area contributed by atoms with Gasteiger partial charge in [-0.2, -0.15) is 0 Å². The van der Waals surface area contributed by atoms with Crippen LogP contribution >= 0.6 is 0 Å². The Morgan fingerprint density at radius 2 is 2.06 bits per heavy atom. The van der Waals surface area contributed by atoms with Crippen LogP contribution in [-0.4, -0.2) is 29.6 Å². The van der Waals surface area contributed by atoms with Crippen molar-refractivity contribution in [1.29, 1.82) is 0 Å². The van der Waals surface area contributed by atoms with Crippen LogP contribution in [0.2, 0.25) is 0 Å². The molecule has 1 aromatic rings. The van der Waals surface area contributed by atoms with Gasteiger partial charge in [0.2, 0.25) is 5.91 Å². The second kappa shape index (κ2) is 4.86. The van der Waals surface area contributed by atoms with Gasteiger partial charge in [0, 0.05) is 24.7 Å². The second-order valence-electron chi connectivity index (χ2n) is 4.07. The number of rotatable bonds is 3. The molecule has 1 fully saturated rings. The maximum absolute atomic E-state index is 11.0. The quantitative estimate of drug-likeness (QED) is 0.731. The standard InChI is InChI=1S/C12H14N2O3/c15-11-6-5-10(7-13-11)14-9-3-1-8(2-4-9)12(16)17/h1-4,10,14H,5-7H2,(H,13,15)(H,16,17). The Morgan fingerprint density at radius 1 is 1.35 bits per heavy atom. The summed E-state index contributed by atoms with van der Waals surface area (Å²) >= 11 is 0. The Balaban J connectivity index is 1.95. The van der Waals surface area contributed by atoms with Crippen LogP contribution in [0.15, 0.2) is 24.3 Å². The van der Waals surface area contributed by atoms with Gasteiger partial charge in [0.15, 0.2) is 0 Å². The number of nitrogens with one attached hydrogen (secondary N) is 2. The van der Waals surface area contributed by atoms with Gasteiger partial charge in [0.05, 0.1) is 5.56 Å². The van der Waals surface area contributed by atoms with Crippen molar-refractivity contribution in [3.05, 3.63) is 29.8 Å². The van der Waals surface area contributed by atoms with Gasteiger partial charge in [-0.05, 0) is 30.7 Å². The van der Waals surface area contributed by atoms with Gasteiger partial charge in [-0.1, -0.05) is 0 Å². The van der Waals surface area contributed by atoms with Crippen molar-refractivity contribution < 1.29 is 14.7 Å².